The van der Waals surface area contributed by atoms with Gasteiger partial charge in [-0.1, -0.05) is 43.3 Å². The van der Waals surface area contributed by atoms with Crippen molar-refractivity contribution in [3.63, 3.8) is 0 Å². The fourth-order valence-corrected chi connectivity index (χ4v) is 4.07. The maximum absolute atomic E-state index is 13.8. The van der Waals surface area contributed by atoms with Gasteiger partial charge in [-0.2, -0.15) is 0 Å². The van der Waals surface area contributed by atoms with E-state index in [1.54, 1.807) is 0 Å². The first-order valence-corrected chi connectivity index (χ1v) is 12.3. The summed E-state index contributed by atoms with van der Waals surface area (Å²) in [5.74, 6) is -1.53. The zero-order valence-corrected chi connectivity index (χ0v) is 20.9. The lowest BCUT2D eigenvalue weighted by Crippen LogP contribution is -2.49. The molecule has 9 nitrogen and oxygen atoms in total. The molecule has 0 aliphatic heterocycles. The maximum Gasteiger partial charge on any atom is 0.242 e. The molecule has 3 N–H and O–H groups in total. The number of aryl methyl sites for hydroxylation is 1. The molecule has 0 aliphatic carbocycles. The van der Waals surface area contributed by atoms with Crippen molar-refractivity contribution in [3.05, 3.63) is 95.3 Å². The number of halogens is 2. The van der Waals surface area contributed by atoms with Crippen molar-refractivity contribution in [2.45, 2.75) is 45.0 Å². The second kappa shape index (κ2) is 12.9. The van der Waals surface area contributed by atoms with Gasteiger partial charge in [0.1, 0.15) is 18.2 Å². The molecule has 0 bridgehead atoms. The normalized spacial score (nSPS) is 12.7. The minimum atomic E-state index is -1.07. The predicted molar refractivity (Wildman–Crippen MR) is 137 cm³/mol. The van der Waals surface area contributed by atoms with Gasteiger partial charge in [0.25, 0.3) is 0 Å². The number of aliphatic hydroxyl groups is 1. The average molecular weight is 522 g/mol. The van der Waals surface area contributed by atoms with Gasteiger partial charge in [-0.25, -0.2) is 13.5 Å². The number of pyridine rings is 1. The molecular weight excluding hydrogens is 492 g/mol. The van der Waals surface area contributed by atoms with Crippen molar-refractivity contribution in [2.24, 2.45) is 0 Å². The van der Waals surface area contributed by atoms with Gasteiger partial charge in [-0.15, -0.1) is 5.10 Å². The lowest BCUT2D eigenvalue weighted by Gasteiger charge is -2.25. The molecule has 2 atom stereocenters. The summed E-state index contributed by atoms with van der Waals surface area (Å²) in [5, 5.41) is 28.5. The number of rotatable bonds is 12. The first kappa shape index (κ1) is 27.0. The van der Waals surface area contributed by atoms with Crippen LogP contribution in [0.3, 0.4) is 0 Å². The fourth-order valence-electron chi connectivity index (χ4n) is 4.07. The molecule has 2 heterocycles. The number of tetrazole rings is 1. The van der Waals surface area contributed by atoms with E-state index in [2.05, 4.69) is 31.1 Å². The first-order valence-electron chi connectivity index (χ1n) is 12.3. The SMILES string of the molecule is CCc1cccc(CNC[C@@H](O)[C@H](Cc2cc(F)cc(F)c2)NC(=O)Cn2nnnc2-c2ccccc2)n1. The van der Waals surface area contributed by atoms with Crippen LogP contribution in [0.2, 0.25) is 0 Å². The fraction of sp³-hybridized carbons (Fsp3) is 0.296. The number of benzene rings is 2. The smallest absolute Gasteiger partial charge is 0.242 e. The molecule has 4 aromatic rings. The molecule has 1 amide bonds. The van der Waals surface area contributed by atoms with Crippen molar-refractivity contribution in [1.82, 2.24) is 35.8 Å². The third kappa shape index (κ3) is 7.46. The largest absolute Gasteiger partial charge is 0.390 e. The second-order valence-electron chi connectivity index (χ2n) is 8.85. The van der Waals surface area contributed by atoms with Gasteiger partial charge in [0.2, 0.25) is 5.91 Å². The molecule has 0 unspecified atom stereocenters. The van der Waals surface area contributed by atoms with E-state index < -0.39 is 29.7 Å². The number of carbonyl (C=O) groups is 1. The van der Waals surface area contributed by atoms with Crippen molar-refractivity contribution in [3.8, 4) is 11.4 Å². The third-order valence-corrected chi connectivity index (χ3v) is 5.93. The molecular formula is C27H29F2N7O2. The number of nitrogens with zero attached hydrogens (tertiary/aromatic N) is 5. The minimum absolute atomic E-state index is 0.00792. The van der Waals surface area contributed by atoms with E-state index in [0.29, 0.717) is 17.9 Å². The number of aliphatic hydroxyl groups excluding tert-OH is 1. The van der Waals surface area contributed by atoms with Crippen LogP contribution >= 0.6 is 0 Å². The molecule has 38 heavy (non-hydrogen) atoms. The molecule has 11 heteroatoms. The molecule has 0 radical (unpaired) electrons. The van der Waals surface area contributed by atoms with Crippen molar-refractivity contribution in [1.29, 1.82) is 0 Å². The number of amides is 1. The van der Waals surface area contributed by atoms with E-state index in [1.807, 2.05) is 55.5 Å². The zero-order valence-electron chi connectivity index (χ0n) is 20.9. The maximum atomic E-state index is 13.8. The second-order valence-corrected chi connectivity index (χ2v) is 8.85. The highest BCUT2D eigenvalue weighted by molar-refractivity contribution is 5.76. The van der Waals surface area contributed by atoms with Crippen LogP contribution in [0.1, 0.15) is 23.9 Å². The third-order valence-electron chi connectivity index (χ3n) is 5.93. The summed E-state index contributed by atoms with van der Waals surface area (Å²) in [4.78, 5) is 17.5. The quantitative estimate of drug-likeness (QED) is 0.262. The van der Waals surface area contributed by atoms with Gasteiger partial charge in [0.15, 0.2) is 5.82 Å². The summed E-state index contributed by atoms with van der Waals surface area (Å²) in [5.41, 5.74) is 2.82. The van der Waals surface area contributed by atoms with E-state index in [0.717, 1.165) is 29.4 Å². The van der Waals surface area contributed by atoms with Gasteiger partial charge < -0.3 is 15.7 Å². The van der Waals surface area contributed by atoms with E-state index in [1.165, 1.54) is 16.8 Å². The topological polar surface area (TPSA) is 118 Å². The molecule has 0 aliphatic rings. The molecule has 198 valence electrons. The molecule has 0 saturated heterocycles. The Morgan fingerprint density at radius 1 is 1.03 bits per heavy atom. The number of aromatic nitrogens is 5. The Bertz CT molecular complexity index is 1330. The van der Waals surface area contributed by atoms with E-state index >= 15 is 0 Å². The van der Waals surface area contributed by atoms with Crippen LogP contribution in [0.25, 0.3) is 11.4 Å². The van der Waals surface area contributed by atoms with Gasteiger partial charge >= 0.3 is 0 Å². The molecule has 2 aromatic carbocycles. The van der Waals surface area contributed by atoms with Crippen LogP contribution in [0.4, 0.5) is 8.78 Å². The molecule has 0 fully saturated rings. The minimum Gasteiger partial charge on any atom is -0.390 e. The lowest BCUT2D eigenvalue weighted by molar-refractivity contribution is -0.123. The standard InChI is InChI=1S/C27H29F2N7O2/c1-2-22-9-6-10-23(31-22)15-30-16-25(37)24(13-18-11-20(28)14-21(29)12-18)32-26(38)17-36-27(33-34-35-36)19-7-4-3-5-8-19/h3-12,14,24-25,30,37H,2,13,15-17H2,1H3,(H,32,38)/t24-,25+/m0/s1. The molecule has 0 saturated carbocycles. The van der Waals surface area contributed by atoms with Crippen LogP contribution < -0.4 is 10.6 Å². The van der Waals surface area contributed by atoms with Crippen LogP contribution in [0.15, 0.2) is 66.7 Å². The van der Waals surface area contributed by atoms with Crippen LogP contribution in [-0.2, 0) is 30.7 Å². The van der Waals surface area contributed by atoms with Gasteiger partial charge in [0.05, 0.1) is 17.8 Å². The van der Waals surface area contributed by atoms with E-state index in [-0.39, 0.29) is 19.5 Å². The van der Waals surface area contributed by atoms with Crippen molar-refractivity contribution < 1.29 is 18.7 Å². The predicted octanol–water partition coefficient (Wildman–Crippen LogP) is 2.45. The lowest BCUT2D eigenvalue weighted by atomic mass is 10.0. The molecule has 0 spiro atoms. The number of nitrogens with one attached hydrogen (secondary N) is 2. The number of hydrogen-bond acceptors (Lipinski definition) is 7. The highest BCUT2D eigenvalue weighted by atomic mass is 19.1. The number of hydrogen-bond donors (Lipinski definition) is 3. The Balaban J connectivity index is 1.44. The van der Waals surface area contributed by atoms with Crippen molar-refractivity contribution >= 4 is 5.91 Å². The van der Waals surface area contributed by atoms with Crippen molar-refractivity contribution in [2.75, 3.05) is 6.54 Å². The Labute approximate surface area is 218 Å². The summed E-state index contributed by atoms with van der Waals surface area (Å²) >= 11 is 0. The Kier molecular flexibility index (Phi) is 9.17. The van der Waals surface area contributed by atoms with Crippen LogP contribution in [0.5, 0.6) is 0 Å². The van der Waals surface area contributed by atoms with Crippen LogP contribution in [0, 0.1) is 11.6 Å². The Hall–Kier alpha value is -4.09. The van der Waals surface area contributed by atoms with E-state index in [9.17, 15) is 18.7 Å². The highest BCUT2D eigenvalue weighted by Crippen LogP contribution is 2.15. The Morgan fingerprint density at radius 2 is 1.76 bits per heavy atom. The summed E-state index contributed by atoms with van der Waals surface area (Å²) in [6.07, 6.45) is -0.252. The zero-order chi connectivity index (χ0) is 26.9. The first-order chi connectivity index (χ1) is 18.4. The molecule has 2 aromatic heterocycles. The summed E-state index contributed by atoms with van der Waals surface area (Å²) in [6, 6.07) is 17.2. The summed E-state index contributed by atoms with van der Waals surface area (Å²) in [6.45, 7) is 2.33. The van der Waals surface area contributed by atoms with Gasteiger partial charge in [-0.3, -0.25) is 9.78 Å². The summed E-state index contributed by atoms with van der Waals surface area (Å²) < 4.78 is 29.0. The van der Waals surface area contributed by atoms with Gasteiger partial charge in [0, 0.05) is 30.4 Å². The van der Waals surface area contributed by atoms with E-state index in [4.69, 9.17) is 0 Å². The summed E-state index contributed by atoms with van der Waals surface area (Å²) in [7, 11) is 0. The average Bonchev–Trinajstić information content (AvgIpc) is 3.36. The number of carbonyl (C=O) groups excluding carboxylic acids is 1. The monoisotopic (exact) mass is 521 g/mol. The highest BCUT2D eigenvalue weighted by Gasteiger charge is 2.23. The van der Waals surface area contributed by atoms with Crippen LogP contribution in [-0.4, -0.2) is 54.9 Å². The molecule has 4 rings (SSSR count). The Morgan fingerprint density at radius 3 is 2.50 bits per heavy atom. The van der Waals surface area contributed by atoms with Gasteiger partial charge in [-0.05, 0) is 53.1 Å².